The number of hydrogen-bond acceptors (Lipinski definition) is 2. The first-order valence-corrected chi connectivity index (χ1v) is 5.07. The maximum Gasteiger partial charge on any atom is 0.125 e. The summed E-state index contributed by atoms with van der Waals surface area (Å²) < 4.78 is 15.3. The molecule has 0 aliphatic carbocycles. The van der Waals surface area contributed by atoms with Crippen molar-refractivity contribution < 1.29 is 4.39 Å². The Morgan fingerprint density at radius 1 is 1.31 bits per heavy atom. The van der Waals surface area contributed by atoms with Gasteiger partial charge in [-0.25, -0.2) is 9.37 Å². The van der Waals surface area contributed by atoms with Gasteiger partial charge < -0.3 is 9.47 Å². The summed E-state index contributed by atoms with van der Waals surface area (Å²) in [7, 11) is 3.80. The van der Waals surface area contributed by atoms with Crippen LogP contribution in [-0.2, 0) is 6.54 Å². The highest BCUT2D eigenvalue weighted by molar-refractivity contribution is 5.47. The molecular weight excluding hydrogens is 205 g/mol. The zero-order chi connectivity index (χ0) is 11.5. The van der Waals surface area contributed by atoms with Gasteiger partial charge in [0.15, 0.2) is 0 Å². The van der Waals surface area contributed by atoms with Crippen molar-refractivity contribution in [1.29, 1.82) is 0 Å². The maximum absolute atomic E-state index is 13.4. The van der Waals surface area contributed by atoms with E-state index in [4.69, 9.17) is 0 Å². The highest BCUT2D eigenvalue weighted by Crippen LogP contribution is 2.17. The molecule has 4 heteroatoms. The van der Waals surface area contributed by atoms with Crippen molar-refractivity contribution in [3.05, 3.63) is 48.3 Å². The maximum atomic E-state index is 13.4. The first-order chi connectivity index (χ1) is 7.65. The van der Waals surface area contributed by atoms with Crippen LogP contribution in [0.5, 0.6) is 0 Å². The molecule has 0 spiro atoms. The molecule has 0 aliphatic heterocycles. The average Bonchev–Trinajstić information content (AvgIpc) is 2.69. The van der Waals surface area contributed by atoms with Gasteiger partial charge in [0.2, 0.25) is 0 Å². The second-order valence-corrected chi connectivity index (χ2v) is 3.95. The first-order valence-electron chi connectivity index (χ1n) is 5.07. The lowest BCUT2D eigenvalue weighted by Crippen LogP contribution is -2.10. The fourth-order valence-electron chi connectivity index (χ4n) is 1.57. The van der Waals surface area contributed by atoms with Crippen LogP contribution in [0.3, 0.4) is 0 Å². The molecular formula is C12H14FN3. The van der Waals surface area contributed by atoms with Gasteiger partial charge >= 0.3 is 0 Å². The van der Waals surface area contributed by atoms with Gasteiger partial charge in [-0.3, -0.25) is 0 Å². The Bertz CT molecular complexity index is 463. The number of rotatable bonds is 3. The van der Waals surface area contributed by atoms with E-state index >= 15 is 0 Å². The number of anilines is 1. The van der Waals surface area contributed by atoms with E-state index in [-0.39, 0.29) is 5.82 Å². The zero-order valence-electron chi connectivity index (χ0n) is 9.39. The number of aromatic nitrogens is 2. The Morgan fingerprint density at radius 3 is 2.75 bits per heavy atom. The fourth-order valence-corrected chi connectivity index (χ4v) is 1.57. The lowest BCUT2D eigenvalue weighted by atomic mass is 10.2. The molecule has 0 unspecified atom stereocenters. The van der Waals surface area contributed by atoms with Gasteiger partial charge in [0.25, 0.3) is 0 Å². The molecule has 84 valence electrons. The zero-order valence-corrected chi connectivity index (χ0v) is 9.39. The summed E-state index contributed by atoms with van der Waals surface area (Å²) in [6.45, 7) is 0.638. The Balaban J connectivity index is 2.27. The first kappa shape index (κ1) is 10.7. The molecule has 0 fully saturated rings. The molecule has 0 atom stereocenters. The van der Waals surface area contributed by atoms with E-state index in [0.29, 0.717) is 6.54 Å². The van der Waals surface area contributed by atoms with Crippen LogP contribution in [0.1, 0.15) is 5.56 Å². The number of halogens is 1. The molecule has 1 aromatic heterocycles. The van der Waals surface area contributed by atoms with E-state index in [0.717, 1.165) is 11.3 Å². The van der Waals surface area contributed by atoms with E-state index in [1.807, 2.05) is 35.8 Å². The Kier molecular flexibility index (Phi) is 2.90. The van der Waals surface area contributed by atoms with Crippen LogP contribution in [0.4, 0.5) is 10.1 Å². The van der Waals surface area contributed by atoms with Crippen molar-refractivity contribution in [2.75, 3.05) is 19.0 Å². The Labute approximate surface area is 94.1 Å². The number of imidazole rings is 1. The lowest BCUT2D eigenvalue weighted by molar-refractivity contribution is 0.623. The largest absolute Gasteiger partial charge is 0.378 e. The van der Waals surface area contributed by atoms with E-state index in [1.165, 1.54) is 6.07 Å². The highest BCUT2D eigenvalue weighted by atomic mass is 19.1. The van der Waals surface area contributed by atoms with Gasteiger partial charge in [-0.2, -0.15) is 0 Å². The molecule has 3 nitrogen and oxygen atoms in total. The van der Waals surface area contributed by atoms with Crippen molar-refractivity contribution in [1.82, 2.24) is 9.55 Å². The minimum Gasteiger partial charge on any atom is -0.378 e. The molecule has 0 bridgehead atoms. The SMILES string of the molecule is CN(C)c1cc(F)cc(Cn2ccnc2)c1. The third-order valence-corrected chi connectivity index (χ3v) is 2.38. The van der Waals surface area contributed by atoms with Gasteiger partial charge in [-0.1, -0.05) is 0 Å². The third kappa shape index (κ3) is 2.39. The smallest absolute Gasteiger partial charge is 0.125 e. The van der Waals surface area contributed by atoms with Crippen LogP contribution in [0.2, 0.25) is 0 Å². The van der Waals surface area contributed by atoms with Crippen molar-refractivity contribution >= 4 is 5.69 Å². The molecule has 0 N–H and O–H groups in total. The second-order valence-electron chi connectivity index (χ2n) is 3.95. The molecule has 0 saturated carbocycles. The van der Waals surface area contributed by atoms with Crippen LogP contribution in [0.15, 0.2) is 36.9 Å². The minimum absolute atomic E-state index is 0.207. The van der Waals surface area contributed by atoms with Crippen LogP contribution in [0, 0.1) is 5.82 Å². The van der Waals surface area contributed by atoms with Crippen LogP contribution in [0.25, 0.3) is 0 Å². The van der Waals surface area contributed by atoms with Crippen molar-refractivity contribution in [2.45, 2.75) is 6.54 Å². The van der Waals surface area contributed by atoms with Crippen molar-refractivity contribution in [3.63, 3.8) is 0 Å². The second kappa shape index (κ2) is 4.35. The van der Waals surface area contributed by atoms with Gasteiger partial charge in [0.05, 0.1) is 6.33 Å². The molecule has 1 aromatic carbocycles. The summed E-state index contributed by atoms with van der Waals surface area (Å²) >= 11 is 0. The molecule has 0 amide bonds. The average molecular weight is 219 g/mol. The highest BCUT2D eigenvalue weighted by Gasteiger charge is 2.03. The van der Waals surface area contributed by atoms with Gasteiger partial charge in [-0.05, 0) is 23.8 Å². The molecule has 0 saturated heterocycles. The topological polar surface area (TPSA) is 21.1 Å². The molecule has 0 aliphatic rings. The van der Waals surface area contributed by atoms with Crippen LogP contribution in [-0.4, -0.2) is 23.6 Å². The summed E-state index contributed by atoms with van der Waals surface area (Å²) in [5.74, 6) is -0.207. The molecule has 2 aromatic rings. The number of hydrogen-bond donors (Lipinski definition) is 0. The monoisotopic (exact) mass is 219 g/mol. The molecule has 1 heterocycles. The Hall–Kier alpha value is -1.84. The standard InChI is InChI=1S/C12H14FN3/c1-15(2)12-6-10(5-11(13)7-12)8-16-4-3-14-9-16/h3-7,9H,8H2,1-2H3. The summed E-state index contributed by atoms with van der Waals surface area (Å²) in [6, 6.07) is 5.05. The minimum atomic E-state index is -0.207. The van der Waals surface area contributed by atoms with Crippen molar-refractivity contribution in [2.24, 2.45) is 0 Å². The van der Waals surface area contributed by atoms with Gasteiger partial charge in [0, 0.05) is 38.7 Å². The van der Waals surface area contributed by atoms with E-state index in [1.54, 1.807) is 18.6 Å². The third-order valence-electron chi connectivity index (χ3n) is 2.38. The summed E-state index contributed by atoms with van der Waals surface area (Å²) in [4.78, 5) is 5.85. The normalized spacial score (nSPS) is 10.4. The van der Waals surface area contributed by atoms with E-state index in [9.17, 15) is 4.39 Å². The molecule has 2 rings (SSSR count). The van der Waals surface area contributed by atoms with Crippen LogP contribution >= 0.6 is 0 Å². The summed E-state index contributed by atoms with van der Waals surface area (Å²) in [5.41, 5.74) is 1.80. The predicted octanol–water partition coefficient (Wildman–Crippen LogP) is 2.14. The van der Waals surface area contributed by atoms with Crippen molar-refractivity contribution in [3.8, 4) is 0 Å². The van der Waals surface area contributed by atoms with Crippen LogP contribution < -0.4 is 4.90 Å². The molecule has 0 radical (unpaired) electrons. The van der Waals surface area contributed by atoms with Gasteiger partial charge in [-0.15, -0.1) is 0 Å². The lowest BCUT2D eigenvalue weighted by Gasteiger charge is -2.14. The predicted molar refractivity (Wildman–Crippen MR) is 62.1 cm³/mol. The molecule has 16 heavy (non-hydrogen) atoms. The fraction of sp³-hybridized carbons (Fsp3) is 0.250. The van der Waals surface area contributed by atoms with E-state index < -0.39 is 0 Å². The number of nitrogens with zero attached hydrogens (tertiary/aromatic N) is 3. The van der Waals surface area contributed by atoms with E-state index in [2.05, 4.69) is 4.98 Å². The van der Waals surface area contributed by atoms with Gasteiger partial charge in [0.1, 0.15) is 5.82 Å². The Morgan fingerprint density at radius 2 is 2.12 bits per heavy atom. The summed E-state index contributed by atoms with van der Waals surface area (Å²) in [6.07, 6.45) is 5.30. The number of benzene rings is 1. The quantitative estimate of drug-likeness (QED) is 0.788. The summed E-state index contributed by atoms with van der Waals surface area (Å²) in [5, 5.41) is 0.